The number of fused-ring (bicyclic) bond motifs is 2. The van der Waals surface area contributed by atoms with Crippen molar-refractivity contribution in [3.8, 4) is 0 Å². The first-order valence-electron chi connectivity index (χ1n) is 6.82. The molecule has 0 fully saturated rings. The van der Waals surface area contributed by atoms with Crippen LogP contribution in [0.15, 0.2) is 54.6 Å². The molecule has 0 unspecified atom stereocenters. The molecule has 0 saturated carbocycles. The van der Waals surface area contributed by atoms with Crippen molar-refractivity contribution in [1.82, 2.24) is 0 Å². The molecule has 0 aliphatic heterocycles. The Labute approximate surface area is 118 Å². The molecule has 1 atom stereocenters. The van der Waals surface area contributed by atoms with Crippen LogP contribution in [0.25, 0.3) is 0 Å². The van der Waals surface area contributed by atoms with E-state index in [9.17, 15) is 9.50 Å². The zero-order valence-corrected chi connectivity index (χ0v) is 11.3. The number of aliphatic hydroxyl groups is 1. The van der Waals surface area contributed by atoms with Crippen LogP contribution in [0.4, 0.5) is 4.39 Å². The fraction of sp³-hybridized carbons (Fsp3) is 0.222. The van der Waals surface area contributed by atoms with Gasteiger partial charge in [0, 0.05) is 5.92 Å². The van der Waals surface area contributed by atoms with Gasteiger partial charge in [0.05, 0.1) is 6.61 Å². The molecule has 1 N–H and O–H groups in total. The number of halogens is 1. The second-order valence-corrected chi connectivity index (χ2v) is 5.36. The van der Waals surface area contributed by atoms with Gasteiger partial charge in [-0.05, 0) is 52.8 Å². The van der Waals surface area contributed by atoms with Crippen molar-refractivity contribution < 1.29 is 9.50 Å². The standard InChI is InChI=1S/C18H17FO/c1-12(11-20)18-10-15-9-16(19)7-6-13(15)8-14-4-2-3-5-17(14)18/h2-7,9,18,20H,1,8,10-11H2/t18-/m1/s1. The minimum Gasteiger partial charge on any atom is -0.392 e. The van der Waals surface area contributed by atoms with Gasteiger partial charge in [-0.2, -0.15) is 0 Å². The van der Waals surface area contributed by atoms with Crippen LogP contribution in [0.5, 0.6) is 0 Å². The highest BCUT2D eigenvalue weighted by atomic mass is 19.1. The molecule has 2 heteroatoms. The molecular weight excluding hydrogens is 251 g/mol. The van der Waals surface area contributed by atoms with Crippen LogP contribution in [-0.4, -0.2) is 11.7 Å². The predicted octanol–water partition coefficient (Wildman–Crippen LogP) is 3.60. The quantitative estimate of drug-likeness (QED) is 0.825. The Morgan fingerprint density at radius 1 is 1.15 bits per heavy atom. The van der Waals surface area contributed by atoms with Gasteiger partial charge < -0.3 is 5.11 Å². The predicted molar refractivity (Wildman–Crippen MR) is 78.3 cm³/mol. The molecule has 1 aliphatic rings. The maximum atomic E-state index is 13.5. The van der Waals surface area contributed by atoms with Gasteiger partial charge in [0.2, 0.25) is 0 Å². The Bertz CT molecular complexity index is 660. The van der Waals surface area contributed by atoms with Gasteiger partial charge in [-0.15, -0.1) is 0 Å². The van der Waals surface area contributed by atoms with E-state index in [1.807, 2.05) is 18.2 Å². The summed E-state index contributed by atoms with van der Waals surface area (Å²) in [6, 6.07) is 13.2. The van der Waals surface area contributed by atoms with Crippen LogP contribution in [0.1, 0.15) is 28.2 Å². The maximum absolute atomic E-state index is 13.5. The Kier molecular flexibility index (Phi) is 3.41. The van der Waals surface area contributed by atoms with E-state index in [0.29, 0.717) is 6.42 Å². The van der Waals surface area contributed by atoms with Gasteiger partial charge >= 0.3 is 0 Å². The van der Waals surface area contributed by atoms with Gasteiger partial charge in [0.1, 0.15) is 5.82 Å². The van der Waals surface area contributed by atoms with E-state index in [0.717, 1.165) is 23.1 Å². The number of rotatable bonds is 2. The Morgan fingerprint density at radius 3 is 2.75 bits per heavy atom. The normalized spacial score (nSPS) is 17.0. The van der Waals surface area contributed by atoms with Crippen LogP contribution in [0.3, 0.4) is 0 Å². The molecule has 0 saturated heterocycles. The van der Waals surface area contributed by atoms with Crippen LogP contribution in [0, 0.1) is 5.82 Å². The third kappa shape index (κ3) is 2.27. The minimum absolute atomic E-state index is 0.0380. The molecule has 0 bridgehead atoms. The molecule has 1 aliphatic carbocycles. The minimum atomic E-state index is -0.205. The van der Waals surface area contributed by atoms with Crippen molar-refractivity contribution in [3.05, 3.63) is 82.7 Å². The molecule has 20 heavy (non-hydrogen) atoms. The largest absolute Gasteiger partial charge is 0.392 e. The molecule has 2 aromatic carbocycles. The molecule has 0 amide bonds. The summed E-state index contributed by atoms with van der Waals surface area (Å²) in [6.45, 7) is 3.95. The smallest absolute Gasteiger partial charge is 0.123 e. The average molecular weight is 268 g/mol. The van der Waals surface area contributed by atoms with Crippen molar-refractivity contribution in [1.29, 1.82) is 0 Å². The molecule has 0 spiro atoms. The summed E-state index contributed by atoms with van der Waals surface area (Å²) < 4.78 is 13.5. The Hall–Kier alpha value is -1.93. The van der Waals surface area contributed by atoms with Gasteiger partial charge in [0.15, 0.2) is 0 Å². The number of hydrogen-bond acceptors (Lipinski definition) is 1. The summed E-state index contributed by atoms with van der Waals surface area (Å²) in [5, 5.41) is 9.43. The fourth-order valence-electron chi connectivity index (χ4n) is 3.00. The summed E-state index contributed by atoms with van der Waals surface area (Å²) in [6.07, 6.45) is 1.50. The lowest BCUT2D eigenvalue weighted by molar-refractivity contribution is 0.322. The van der Waals surface area contributed by atoms with E-state index in [2.05, 4.69) is 18.7 Å². The zero-order valence-electron chi connectivity index (χ0n) is 11.3. The molecule has 0 aromatic heterocycles. The van der Waals surface area contributed by atoms with Crippen molar-refractivity contribution >= 4 is 0 Å². The van der Waals surface area contributed by atoms with E-state index < -0.39 is 0 Å². The topological polar surface area (TPSA) is 20.2 Å². The summed E-state index contributed by atoms with van der Waals surface area (Å²) in [5.74, 6) is -0.151. The van der Waals surface area contributed by atoms with Gasteiger partial charge in [-0.1, -0.05) is 36.9 Å². The second kappa shape index (κ2) is 5.22. The molecule has 1 nitrogen and oxygen atoms in total. The SMILES string of the molecule is C=C(CO)[C@H]1Cc2cc(F)ccc2Cc2ccccc21. The molecule has 0 radical (unpaired) electrons. The Balaban J connectivity index is 2.14. The summed E-state index contributed by atoms with van der Waals surface area (Å²) in [5.41, 5.74) is 5.39. The van der Waals surface area contributed by atoms with Crippen LogP contribution in [-0.2, 0) is 12.8 Å². The first-order valence-corrected chi connectivity index (χ1v) is 6.82. The third-order valence-electron chi connectivity index (χ3n) is 4.10. The van der Waals surface area contributed by atoms with Gasteiger partial charge in [-0.3, -0.25) is 0 Å². The maximum Gasteiger partial charge on any atom is 0.123 e. The lowest BCUT2D eigenvalue weighted by Crippen LogP contribution is -2.09. The number of aliphatic hydroxyl groups excluding tert-OH is 1. The summed E-state index contributed by atoms with van der Waals surface area (Å²) in [7, 11) is 0. The van der Waals surface area contributed by atoms with E-state index >= 15 is 0 Å². The third-order valence-corrected chi connectivity index (χ3v) is 4.10. The fourth-order valence-corrected chi connectivity index (χ4v) is 3.00. The van der Waals surface area contributed by atoms with Crippen molar-refractivity contribution in [2.45, 2.75) is 18.8 Å². The van der Waals surface area contributed by atoms with Crippen molar-refractivity contribution in [2.75, 3.05) is 6.61 Å². The second-order valence-electron chi connectivity index (χ2n) is 5.36. The highest BCUT2D eigenvalue weighted by Crippen LogP contribution is 2.35. The average Bonchev–Trinajstić information content (AvgIpc) is 2.63. The molecule has 0 heterocycles. The highest BCUT2D eigenvalue weighted by molar-refractivity contribution is 5.45. The summed E-state index contributed by atoms with van der Waals surface area (Å²) >= 11 is 0. The summed E-state index contributed by atoms with van der Waals surface area (Å²) in [4.78, 5) is 0. The number of benzene rings is 2. The number of hydrogen-bond donors (Lipinski definition) is 1. The van der Waals surface area contributed by atoms with Crippen LogP contribution < -0.4 is 0 Å². The van der Waals surface area contributed by atoms with Crippen LogP contribution >= 0.6 is 0 Å². The van der Waals surface area contributed by atoms with Crippen molar-refractivity contribution in [2.24, 2.45) is 0 Å². The lowest BCUT2D eigenvalue weighted by atomic mass is 9.86. The van der Waals surface area contributed by atoms with Gasteiger partial charge in [-0.25, -0.2) is 4.39 Å². The molecule has 102 valence electrons. The van der Waals surface area contributed by atoms with E-state index in [1.165, 1.54) is 17.2 Å². The first kappa shape index (κ1) is 13.1. The van der Waals surface area contributed by atoms with E-state index in [1.54, 1.807) is 6.07 Å². The zero-order chi connectivity index (χ0) is 14.1. The molecule has 3 rings (SSSR count). The first-order chi connectivity index (χ1) is 9.69. The Morgan fingerprint density at radius 2 is 1.95 bits per heavy atom. The van der Waals surface area contributed by atoms with E-state index in [-0.39, 0.29) is 18.3 Å². The van der Waals surface area contributed by atoms with E-state index in [4.69, 9.17) is 0 Å². The monoisotopic (exact) mass is 268 g/mol. The van der Waals surface area contributed by atoms with Gasteiger partial charge in [0.25, 0.3) is 0 Å². The van der Waals surface area contributed by atoms with Crippen molar-refractivity contribution in [3.63, 3.8) is 0 Å². The highest BCUT2D eigenvalue weighted by Gasteiger charge is 2.23. The van der Waals surface area contributed by atoms with Crippen LogP contribution in [0.2, 0.25) is 0 Å². The molecule has 2 aromatic rings. The molecular formula is C18H17FO. The lowest BCUT2D eigenvalue weighted by Gasteiger charge is -2.19.